The molecule has 0 saturated heterocycles. The van der Waals surface area contributed by atoms with E-state index in [1.54, 1.807) is 0 Å². The van der Waals surface area contributed by atoms with Crippen molar-refractivity contribution in [2.45, 2.75) is 0 Å². The van der Waals surface area contributed by atoms with E-state index in [4.69, 9.17) is 10.2 Å². The molecule has 0 aliphatic rings. The molecule has 4 aromatic carbocycles. The van der Waals surface area contributed by atoms with Crippen LogP contribution in [0.25, 0.3) is 21.5 Å². The normalized spacial score (nSPS) is 10.2. The maximum absolute atomic E-state index is 10.5. The fourth-order valence-electron chi connectivity index (χ4n) is 2.74. The lowest BCUT2D eigenvalue weighted by atomic mass is 10.0. The predicted molar refractivity (Wildman–Crippen MR) is 102 cm³/mol. The summed E-state index contributed by atoms with van der Waals surface area (Å²) in [6, 6.07) is 26.9. The van der Waals surface area contributed by atoms with Crippen LogP contribution in [0, 0.1) is 0 Å². The summed E-state index contributed by atoms with van der Waals surface area (Å²) < 4.78 is 0. The van der Waals surface area contributed by atoms with E-state index in [9.17, 15) is 9.59 Å². The van der Waals surface area contributed by atoms with E-state index in [0.717, 1.165) is 0 Å². The Morgan fingerprint density at radius 2 is 0.769 bits per heavy atom. The molecule has 128 valence electrons. The van der Waals surface area contributed by atoms with E-state index in [2.05, 4.69) is 60.7 Å². The average Bonchev–Trinajstić information content (AvgIpc) is 2.66. The number of hydrogen-bond acceptors (Lipinski definition) is 2. The second kappa shape index (κ2) is 7.49. The number of rotatable bonds is 2. The summed E-state index contributed by atoms with van der Waals surface area (Å²) in [6.45, 7) is 0. The minimum absolute atomic E-state index is 0.190. The van der Waals surface area contributed by atoms with Gasteiger partial charge in [-0.1, -0.05) is 60.7 Å². The Morgan fingerprint density at radius 3 is 1.04 bits per heavy atom. The lowest BCUT2D eigenvalue weighted by Crippen LogP contribution is -2.06. The summed E-state index contributed by atoms with van der Waals surface area (Å²) in [5, 5.41) is 22.3. The van der Waals surface area contributed by atoms with E-state index < -0.39 is 11.9 Å². The monoisotopic (exact) mass is 344 g/mol. The van der Waals surface area contributed by atoms with Crippen molar-refractivity contribution in [2.75, 3.05) is 0 Å². The zero-order valence-corrected chi connectivity index (χ0v) is 13.8. The van der Waals surface area contributed by atoms with Crippen LogP contribution in [-0.2, 0) is 0 Å². The highest BCUT2D eigenvalue weighted by molar-refractivity contribution is 6.01. The second-order valence-corrected chi connectivity index (χ2v) is 5.70. The molecule has 26 heavy (non-hydrogen) atoms. The Morgan fingerprint density at radius 1 is 0.500 bits per heavy atom. The highest BCUT2D eigenvalue weighted by Crippen LogP contribution is 2.22. The molecule has 2 N–H and O–H groups in total. The van der Waals surface area contributed by atoms with Crippen LogP contribution >= 0.6 is 0 Å². The smallest absolute Gasteiger partial charge is 0.336 e. The molecule has 0 fully saturated rings. The zero-order valence-electron chi connectivity index (χ0n) is 13.8. The number of carboxylic acid groups (broad SMARTS) is 2. The lowest BCUT2D eigenvalue weighted by molar-refractivity contribution is 0.0651. The van der Waals surface area contributed by atoms with Crippen molar-refractivity contribution < 1.29 is 19.8 Å². The molecule has 0 aromatic heterocycles. The summed E-state index contributed by atoms with van der Waals surface area (Å²) in [7, 11) is 0. The molecular weight excluding hydrogens is 328 g/mol. The van der Waals surface area contributed by atoms with E-state index in [1.165, 1.54) is 45.8 Å². The van der Waals surface area contributed by atoms with Gasteiger partial charge in [-0.2, -0.15) is 0 Å². The Kier molecular flexibility index (Phi) is 4.94. The fourth-order valence-corrected chi connectivity index (χ4v) is 2.74. The van der Waals surface area contributed by atoms with E-state index in [-0.39, 0.29) is 11.1 Å². The molecule has 0 spiro atoms. The van der Waals surface area contributed by atoms with E-state index in [1.807, 2.05) is 0 Å². The summed E-state index contributed by atoms with van der Waals surface area (Å²) in [6.07, 6.45) is 0. The van der Waals surface area contributed by atoms with Gasteiger partial charge in [0.25, 0.3) is 0 Å². The third-order valence-corrected chi connectivity index (χ3v) is 4.00. The zero-order chi connectivity index (χ0) is 18.5. The molecule has 4 aromatic rings. The molecule has 4 nitrogen and oxygen atoms in total. The molecule has 0 aliphatic carbocycles. The van der Waals surface area contributed by atoms with Gasteiger partial charge in [-0.15, -0.1) is 0 Å². The molecular formula is C22H16O4. The van der Waals surface area contributed by atoms with Crippen LogP contribution in [0.1, 0.15) is 20.7 Å². The Labute approximate surface area is 149 Å². The number of hydrogen-bond donors (Lipinski definition) is 2. The lowest BCUT2D eigenvalue weighted by Gasteiger charge is -2.00. The summed E-state index contributed by atoms with van der Waals surface area (Å²) in [4.78, 5) is 20.9. The van der Waals surface area contributed by atoms with Gasteiger partial charge in [0.15, 0.2) is 0 Å². The maximum Gasteiger partial charge on any atom is 0.336 e. The van der Waals surface area contributed by atoms with Crippen molar-refractivity contribution in [3.05, 3.63) is 96.1 Å². The summed E-state index contributed by atoms with van der Waals surface area (Å²) in [5.74, 6) is -2.46. The van der Waals surface area contributed by atoms with Crippen LogP contribution in [0.15, 0.2) is 84.9 Å². The SMILES string of the molecule is O=C(O)c1ccccc1C(=O)O.c1ccc2cc3ccccc3cc2c1. The van der Waals surface area contributed by atoms with E-state index in [0.29, 0.717) is 0 Å². The van der Waals surface area contributed by atoms with Crippen molar-refractivity contribution in [3.8, 4) is 0 Å². The standard InChI is InChI=1S/C14H10.C8H6O4/c1-2-6-12-10-14-8-4-3-7-13(14)9-11(12)5-1;9-7(10)5-3-1-2-4-6(5)8(11)12/h1-10H;1-4H,(H,9,10)(H,11,12). The minimum Gasteiger partial charge on any atom is -0.478 e. The predicted octanol–water partition coefficient (Wildman–Crippen LogP) is 5.08. The largest absolute Gasteiger partial charge is 0.478 e. The van der Waals surface area contributed by atoms with Crippen LogP contribution in [0.4, 0.5) is 0 Å². The van der Waals surface area contributed by atoms with Gasteiger partial charge in [0.1, 0.15) is 0 Å². The third-order valence-electron chi connectivity index (χ3n) is 4.00. The first-order chi connectivity index (χ1) is 12.6. The van der Waals surface area contributed by atoms with Gasteiger partial charge < -0.3 is 10.2 Å². The quantitative estimate of drug-likeness (QED) is 0.498. The number of aromatic carboxylic acids is 2. The first kappa shape index (κ1) is 17.2. The maximum atomic E-state index is 10.5. The molecule has 0 heterocycles. The minimum atomic E-state index is -1.23. The van der Waals surface area contributed by atoms with Crippen molar-refractivity contribution in [1.82, 2.24) is 0 Å². The Balaban J connectivity index is 0.000000153. The van der Waals surface area contributed by atoms with Gasteiger partial charge in [0.05, 0.1) is 11.1 Å². The summed E-state index contributed by atoms with van der Waals surface area (Å²) in [5.41, 5.74) is -0.380. The fraction of sp³-hybridized carbons (Fsp3) is 0. The molecule has 0 amide bonds. The van der Waals surface area contributed by atoms with Gasteiger partial charge in [-0.3, -0.25) is 0 Å². The highest BCUT2D eigenvalue weighted by Gasteiger charge is 2.13. The van der Waals surface area contributed by atoms with Crippen molar-refractivity contribution >= 4 is 33.5 Å². The summed E-state index contributed by atoms with van der Waals surface area (Å²) >= 11 is 0. The molecule has 4 rings (SSSR count). The molecule has 4 heteroatoms. The van der Waals surface area contributed by atoms with Gasteiger partial charge in [-0.05, 0) is 45.8 Å². The van der Waals surface area contributed by atoms with Crippen molar-refractivity contribution in [3.63, 3.8) is 0 Å². The number of carboxylic acids is 2. The Hall–Kier alpha value is -3.66. The average molecular weight is 344 g/mol. The van der Waals surface area contributed by atoms with Crippen LogP contribution in [-0.4, -0.2) is 22.2 Å². The van der Waals surface area contributed by atoms with Crippen LogP contribution in [0.3, 0.4) is 0 Å². The van der Waals surface area contributed by atoms with Gasteiger partial charge in [-0.25, -0.2) is 9.59 Å². The topological polar surface area (TPSA) is 74.6 Å². The highest BCUT2D eigenvalue weighted by atomic mass is 16.4. The van der Waals surface area contributed by atoms with Gasteiger partial charge in [0, 0.05) is 0 Å². The molecule has 0 bridgehead atoms. The first-order valence-corrected chi connectivity index (χ1v) is 7.99. The Bertz CT molecular complexity index is 961. The number of carbonyl (C=O) groups is 2. The third kappa shape index (κ3) is 3.70. The molecule has 0 radical (unpaired) electrons. The van der Waals surface area contributed by atoms with Crippen molar-refractivity contribution in [2.24, 2.45) is 0 Å². The molecule has 0 aliphatic heterocycles. The first-order valence-electron chi connectivity index (χ1n) is 7.99. The van der Waals surface area contributed by atoms with Crippen LogP contribution < -0.4 is 0 Å². The number of fused-ring (bicyclic) bond motifs is 2. The number of benzene rings is 4. The van der Waals surface area contributed by atoms with Crippen LogP contribution in [0.2, 0.25) is 0 Å². The van der Waals surface area contributed by atoms with Gasteiger partial charge in [0.2, 0.25) is 0 Å². The van der Waals surface area contributed by atoms with Crippen molar-refractivity contribution in [1.29, 1.82) is 0 Å². The van der Waals surface area contributed by atoms with Gasteiger partial charge >= 0.3 is 11.9 Å². The molecule has 0 atom stereocenters. The molecule has 0 saturated carbocycles. The second-order valence-electron chi connectivity index (χ2n) is 5.70. The van der Waals surface area contributed by atoms with E-state index >= 15 is 0 Å². The van der Waals surface area contributed by atoms with Crippen LogP contribution in [0.5, 0.6) is 0 Å². The molecule has 0 unspecified atom stereocenters.